The smallest absolute Gasteiger partial charge is 0.0716 e. The predicted molar refractivity (Wildman–Crippen MR) is 125 cm³/mol. The minimum Gasteiger partial charge on any atom is -0.377 e. The highest BCUT2D eigenvalue weighted by atomic mass is 16.5. The molecule has 1 aromatic rings. The van der Waals surface area contributed by atoms with Crippen molar-refractivity contribution in [2.75, 3.05) is 6.61 Å². The van der Waals surface area contributed by atoms with Crippen LogP contribution in [0.1, 0.15) is 94.6 Å². The van der Waals surface area contributed by atoms with Gasteiger partial charge in [0.15, 0.2) is 0 Å². The number of rotatable bonds is 10. The second-order valence-electron chi connectivity index (χ2n) is 9.42. The summed E-state index contributed by atoms with van der Waals surface area (Å²) in [7, 11) is 0. The number of hydrogen-bond donors (Lipinski definition) is 0. The van der Waals surface area contributed by atoms with Crippen LogP contribution in [0, 0.1) is 17.8 Å². The van der Waals surface area contributed by atoms with Crippen LogP contribution < -0.4 is 0 Å². The van der Waals surface area contributed by atoms with Crippen LogP contribution in [0.15, 0.2) is 49.1 Å². The van der Waals surface area contributed by atoms with Gasteiger partial charge in [-0.2, -0.15) is 0 Å². The predicted octanol–water partition coefficient (Wildman–Crippen LogP) is 8.22. The zero-order valence-electron chi connectivity index (χ0n) is 18.7. The molecular weight excluding hydrogens is 352 g/mol. The minimum absolute atomic E-state index is 0.737. The van der Waals surface area contributed by atoms with Crippen molar-refractivity contribution in [1.29, 1.82) is 0 Å². The average molecular weight is 395 g/mol. The van der Waals surface area contributed by atoms with Gasteiger partial charge >= 0.3 is 0 Å². The largest absolute Gasteiger partial charge is 0.377 e. The van der Waals surface area contributed by atoms with E-state index in [1.54, 1.807) is 5.56 Å². The molecule has 160 valence electrons. The van der Waals surface area contributed by atoms with Gasteiger partial charge in [-0.3, -0.25) is 0 Å². The Bertz CT molecular complexity index is 598. The summed E-state index contributed by atoms with van der Waals surface area (Å²) >= 11 is 0. The van der Waals surface area contributed by atoms with Crippen LogP contribution >= 0.6 is 0 Å². The van der Waals surface area contributed by atoms with Crippen LogP contribution in [0.25, 0.3) is 0 Å². The normalized spacial score (nSPS) is 27.9. The first-order chi connectivity index (χ1) is 14.3. The highest BCUT2D eigenvalue weighted by Gasteiger charge is 2.30. The molecule has 0 heterocycles. The van der Waals surface area contributed by atoms with Gasteiger partial charge in [0.05, 0.1) is 6.61 Å². The van der Waals surface area contributed by atoms with E-state index in [2.05, 4.69) is 49.9 Å². The SMILES string of the molecule is C=CCCCOCc1ccc([C@H]2CC[C@H]([C@H]3CC[C@H](CC=CC)CC3)CC2)cc1. The molecular formula is C28H42O. The zero-order valence-corrected chi connectivity index (χ0v) is 18.7. The minimum atomic E-state index is 0.737. The van der Waals surface area contributed by atoms with Crippen molar-refractivity contribution in [2.45, 2.75) is 90.1 Å². The van der Waals surface area contributed by atoms with Crippen molar-refractivity contribution in [2.24, 2.45) is 17.8 Å². The molecule has 0 amide bonds. The molecule has 0 spiro atoms. The van der Waals surface area contributed by atoms with Crippen LogP contribution in [-0.2, 0) is 11.3 Å². The summed E-state index contributed by atoms with van der Waals surface area (Å²) in [6.45, 7) is 7.47. The Morgan fingerprint density at radius 3 is 2.21 bits per heavy atom. The zero-order chi connectivity index (χ0) is 20.3. The summed E-state index contributed by atoms with van der Waals surface area (Å²) < 4.78 is 5.77. The summed E-state index contributed by atoms with van der Waals surface area (Å²) in [5.41, 5.74) is 2.85. The molecule has 1 heteroatoms. The lowest BCUT2D eigenvalue weighted by molar-refractivity contribution is 0.119. The summed E-state index contributed by atoms with van der Waals surface area (Å²) in [5, 5.41) is 0. The van der Waals surface area contributed by atoms with Gasteiger partial charge in [-0.1, -0.05) is 42.5 Å². The first kappa shape index (κ1) is 22.3. The number of benzene rings is 1. The molecule has 1 aromatic carbocycles. The molecule has 0 bridgehead atoms. The molecule has 0 atom stereocenters. The maximum Gasteiger partial charge on any atom is 0.0716 e. The fourth-order valence-corrected chi connectivity index (χ4v) is 5.55. The average Bonchev–Trinajstić information content (AvgIpc) is 2.78. The highest BCUT2D eigenvalue weighted by molar-refractivity contribution is 5.25. The van der Waals surface area contributed by atoms with Gasteiger partial charge < -0.3 is 4.74 Å². The van der Waals surface area contributed by atoms with Gasteiger partial charge in [0, 0.05) is 6.61 Å². The van der Waals surface area contributed by atoms with E-state index >= 15 is 0 Å². The van der Waals surface area contributed by atoms with E-state index in [-0.39, 0.29) is 0 Å². The van der Waals surface area contributed by atoms with E-state index in [1.807, 2.05) is 6.08 Å². The first-order valence-electron chi connectivity index (χ1n) is 12.2. The summed E-state index contributed by atoms with van der Waals surface area (Å²) in [6.07, 6.45) is 21.5. The van der Waals surface area contributed by atoms with E-state index in [0.717, 1.165) is 49.7 Å². The van der Waals surface area contributed by atoms with Gasteiger partial charge in [-0.15, -0.1) is 6.58 Å². The molecule has 0 N–H and O–H groups in total. The van der Waals surface area contributed by atoms with E-state index in [9.17, 15) is 0 Å². The molecule has 2 saturated carbocycles. The van der Waals surface area contributed by atoms with Crippen molar-refractivity contribution in [3.63, 3.8) is 0 Å². The molecule has 1 nitrogen and oxygen atoms in total. The van der Waals surface area contributed by atoms with Crippen LogP contribution in [-0.4, -0.2) is 6.61 Å². The van der Waals surface area contributed by atoms with Crippen LogP contribution in [0.3, 0.4) is 0 Å². The van der Waals surface area contributed by atoms with Gasteiger partial charge in [-0.25, -0.2) is 0 Å². The van der Waals surface area contributed by atoms with Crippen molar-refractivity contribution in [3.8, 4) is 0 Å². The first-order valence-corrected chi connectivity index (χ1v) is 12.2. The third-order valence-electron chi connectivity index (χ3n) is 7.45. The van der Waals surface area contributed by atoms with Gasteiger partial charge in [0.25, 0.3) is 0 Å². The topological polar surface area (TPSA) is 9.23 Å². The quantitative estimate of drug-likeness (QED) is 0.287. The Kier molecular flexibility index (Phi) is 9.54. The van der Waals surface area contributed by atoms with Crippen LogP contribution in [0.2, 0.25) is 0 Å². The summed E-state index contributed by atoms with van der Waals surface area (Å²) in [5.74, 6) is 3.75. The standard InChI is InChI=1S/C28H42O/c1-3-5-7-21-29-22-24-11-15-26(16-12-24)28-19-17-27(18-20-28)25-13-9-23(10-14-25)8-6-4-2/h3-4,6,11-12,15-16,23,25,27-28H,1,5,7-10,13-14,17-22H2,2H3/t23-,25-,27-,28-. The molecule has 0 saturated heterocycles. The Morgan fingerprint density at radius 2 is 1.59 bits per heavy atom. The molecule has 29 heavy (non-hydrogen) atoms. The number of hydrogen-bond acceptors (Lipinski definition) is 1. The Morgan fingerprint density at radius 1 is 0.931 bits per heavy atom. The Hall–Kier alpha value is -1.34. The summed E-state index contributed by atoms with van der Waals surface area (Å²) in [4.78, 5) is 0. The van der Waals surface area contributed by atoms with E-state index in [1.165, 1.54) is 63.4 Å². The Labute approximate surface area is 179 Å². The maximum atomic E-state index is 5.77. The third-order valence-corrected chi connectivity index (χ3v) is 7.45. The number of allylic oxidation sites excluding steroid dienone is 3. The maximum absolute atomic E-state index is 5.77. The van der Waals surface area contributed by atoms with Crippen molar-refractivity contribution in [3.05, 3.63) is 60.2 Å². The lowest BCUT2D eigenvalue weighted by atomic mass is 9.68. The number of unbranched alkanes of at least 4 members (excludes halogenated alkanes) is 1. The number of ether oxygens (including phenoxy) is 1. The molecule has 3 rings (SSSR count). The Balaban J connectivity index is 1.37. The molecule has 0 aliphatic heterocycles. The van der Waals surface area contributed by atoms with E-state index in [4.69, 9.17) is 4.74 Å². The third kappa shape index (κ3) is 7.14. The lowest BCUT2D eigenvalue weighted by Gasteiger charge is -2.38. The fraction of sp³-hybridized carbons (Fsp3) is 0.643. The van der Waals surface area contributed by atoms with E-state index in [0.29, 0.717) is 0 Å². The summed E-state index contributed by atoms with van der Waals surface area (Å²) in [6, 6.07) is 9.28. The molecule has 0 unspecified atom stereocenters. The fourth-order valence-electron chi connectivity index (χ4n) is 5.55. The van der Waals surface area contributed by atoms with E-state index < -0.39 is 0 Å². The van der Waals surface area contributed by atoms with Gasteiger partial charge in [-0.05, 0) is 112 Å². The molecule has 2 fully saturated rings. The van der Waals surface area contributed by atoms with Crippen molar-refractivity contribution < 1.29 is 4.74 Å². The lowest BCUT2D eigenvalue weighted by Crippen LogP contribution is -2.25. The van der Waals surface area contributed by atoms with Crippen LogP contribution in [0.5, 0.6) is 0 Å². The molecule has 2 aliphatic carbocycles. The second-order valence-corrected chi connectivity index (χ2v) is 9.42. The van der Waals surface area contributed by atoms with Crippen molar-refractivity contribution in [1.82, 2.24) is 0 Å². The monoisotopic (exact) mass is 394 g/mol. The van der Waals surface area contributed by atoms with Gasteiger partial charge in [0.1, 0.15) is 0 Å². The van der Waals surface area contributed by atoms with Gasteiger partial charge in [0.2, 0.25) is 0 Å². The van der Waals surface area contributed by atoms with Crippen LogP contribution in [0.4, 0.5) is 0 Å². The molecule has 0 radical (unpaired) electrons. The molecule has 2 aliphatic rings. The molecule has 0 aromatic heterocycles. The van der Waals surface area contributed by atoms with Crippen molar-refractivity contribution >= 4 is 0 Å². The second kappa shape index (κ2) is 12.4. The highest BCUT2D eigenvalue weighted by Crippen LogP contribution is 2.44.